The van der Waals surface area contributed by atoms with Gasteiger partial charge in [0, 0.05) is 18.0 Å². The smallest absolute Gasteiger partial charge is 0.317 e. The minimum absolute atomic E-state index is 0.00743. The maximum absolute atomic E-state index is 12.4. The first-order valence-corrected chi connectivity index (χ1v) is 9.10. The molecule has 3 heterocycles. The Hall–Kier alpha value is -1.11. The lowest BCUT2D eigenvalue weighted by Gasteiger charge is -2.29. The van der Waals surface area contributed by atoms with Gasteiger partial charge in [0.25, 0.3) is 0 Å². The van der Waals surface area contributed by atoms with E-state index >= 15 is 0 Å². The number of carbonyl (C=O) groups excluding carboxylic acids is 1. The van der Waals surface area contributed by atoms with E-state index in [1.807, 2.05) is 0 Å². The highest BCUT2D eigenvalue weighted by molar-refractivity contribution is 7.10. The second kappa shape index (κ2) is 7.44. The molecule has 2 aliphatic heterocycles. The monoisotopic (exact) mass is 323 g/mol. The fourth-order valence-electron chi connectivity index (χ4n) is 3.52. The lowest BCUT2D eigenvalue weighted by molar-refractivity contribution is 0.153. The van der Waals surface area contributed by atoms with Gasteiger partial charge in [-0.05, 0) is 50.2 Å². The van der Waals surface area contributed by atoms with Gasteiger partial charge >= 0.3 is 6.03 Å². The van der Waals surface area contributed by atoms with Gasteiger partial charge < -0.3 is 15.3 Å². The maximum Gasteiger partial charge on any atom is 0.317 e. The van der Waals surface area contributed by atoms with E-state index in [4.69, 9.17) is 0 Å². The molecule has 6 heteroatoms. The molecule has 0 spiro atoms. The average Bonchev–Trinajstić information content (AvgIpc) is 3.28. The van der Waals surface area contributed by atoms with E-state index in [0.29, 0.717) is 6.54 Å². The lowest BCUT2D eigenvalue weighted by Crippen LogP contribution is -2.46. The Morgan fingerprint density at radius 3 is 2.86 bits per heavy atom. The third-order valence-electron chi connectivity index (χ3n) is 4.75. The van der Waals surface area contributed by atoms with Crippen LogP contribution in [0.1, 0.15) is 36.6 Å². The number of aliphatic hydroxyl groups excluding tert-OH is 1. The summed E-state index contributed by atoms with van der Waals surface area (Å²) in [7, 11) is 0. The van der Waals surface area contributed by atoms with E-state index in [0.717, 1.165) is 32.5 Å². The van der Waals surface area contributed by atoms with E-state index < -0.39 is 0 Å². The highest BCUT2D eigenvalue weighted by Gasteiger charge is 2.30. The van der Waals surface area contributed by atoms with Gasteiger partial charge in [-0.2, -0.15) is 0 Å². The summed E-state index contributed by atoms with van der Waals surface area (Å²) in [6.45, 7) is 3.69. The van der Waals surface area contributed by atoms with Crippen molar-refractivity contribution >= 4 is 17.4 Å². The Morgan fingerprint density at radius 2 is 2.18 bits per heavy atom. The first-order chi connectivity index (χ1) is 10.8. The molecule has 1 aromatic heterocycles. The van der Waals surface area contributed by atoms with E-state index in [9.17, 15) is 9.90 Å². The van der Waals surface area contributed by atoms with Crippen LogP contribution in [-0.2, 0) is 0 Å². The summed E-state index contributed by atoms with van der Waals surface area (Å²) in [5.74, 6) is 0. The quantitative estimate of drug-likeness (QED) is 0.872. The zero-order chi connectivity index (χ0) is 15.4. The summed E-state index contributed by atoms with van der Waals surface area (Å²) in [6.07, 6.45) is 4.38. The number of nitrogens with zero attached hydrogens (tertiary/aromatic N) is 2. The minimum Gasteiger partial charge on any atom is -0.394 e. The van der Waals surface area contributed by atoms with Crippen molar-refractivity contribution in [2.75, 3.05) is 32.8 Å². The number of amides is 2. The molecule has 0 radical (unpaired) electrons. The number of rotatable bonds is 5. The second-order valence-corrected chi connectivity index (χ2v) is 7.11. The van der Waals surface area contributed by atoms with Crippen molar-refractivity contribution in [2.24, 2.45) is 0 Å². The van der Waals surface area contributed by atoms with Crippen LogP contribution in [0.4, 0.5) is 4.79 Å². The number of urea groups is 1. The van der Waals surface area contributed by atoms with Crippen molar-refractivity contribution in [3.05, 3.63) is 22.4 Å². The molecule has 3 rings (SSSR count). The van der Waals surface area contributed by atoms with Crippen LogP contribution in [0.2, 0.25) is 0 Å². The highest BCUT2D eigenvalue weighted by Crippen LogP contribution is 2.28. The van der Waals surface area contributed by atoms with E-state index in [1.165, 1.54) is 17.7 Å². The standard InChI is InChI=1S/C16H25N3O2S/c20-12-13-5-3-9-19(13)16(21)17-11-14(15-6-4-10-22-15)18-7-1-2-8-18/h4,6,10,13-14,20H,1-3,5,7-9,11-12H2,(H,17,21). The average molecular weight is 323 g/mol. The number of carbonyl (C=O) groups is 1. The van der Waals surface area contributed by atoms with Crippen LogP contribution in [0.15, 0.2) is 17.5 Å². The van der Waals surface area contributed by atoms with Gasteiger partial charge in [0.05, 0.1) is 18.7 Å². The van der Waals surface area contributed by atoms with Crippen molar-refractivity contribution < 1.29 is 9.90 Å². The first kappa shape index (κ1) is 15.8. The molecule has 1 aromatic rings. The lowest BCUT2D eigenvalue weighted by atomic mass is 10.2. The number of hydrogen-bond donors (Lipinski definition) is 2. The predicted octanol–water partition coefficient (Wildman–Crippen LogP) is 2.05. The number of hydrogen-bond acceptors (Lipinski definition) is 4. The van der Waals surface area contributed by atoms with Crippen LogP contribution in [0.25, 0.3) is 0 Å². The van der Waals surface area contributed by atoms with Crippen molar-refractivity contribution in [3.63, 3.8) is 0 Å². The summed E-state index contributed by atoms with van der Waals surface area (Å²) in [5.41, 5.74) is 0. The first-order valence-electron chi connectivity index (χ1n) is 8.22. The summed E-state index contributed by atoms with van der Waals surface area (Å²) in [4.78, 5) is 18.0. The molecule has 0 aliphatic carbocycles. The van der Waals surface area contributed by atoms with Crippen LogP contribution in [0, 0.1) is 0 Å². The summed E-state index contributed by atoms with van der Waals surface area (Å²) < 4.78 is 0. The molecular weight excluding hydrogens is 298 g/mol. The molecule has 122 valence electrons. The minimum atomic E-state index is -0.0303. The SMILES string of the molecule is O=C(NCC(c1cccs1)N1CCCC1)N1CCCC1CO. The van der Waals surface area contributed by atoms with Crippen LogP contribution in [0.3, 0.4) is 0 Å². The Kier molecular flexibility index (Phi) is 5.33. The van der Waals surface area contributed by atoms with Gasteiger partial charge in [-0.15, -0.1) is 11.3 Å². The molecule has 5 nitrogen and oxygen atoms in total. The number of aliphatic hydroxyl groups is 1. The third-order valence-corrected chi connectivity index (χ3v) is 5.72. The second-order valence-electron chi connectivity index (χ2n) is 6.13. The Bertz CT molecular complexity index is 474. The number of likely N-dealkylation sites (tertiary alicyclic amines) is 2. The Balaban J connectivity index is 1.60. The molecule has 22 heavy (non-hydrogen) atoms. The zero-order valence-electron chi connectivity index (χ0n) is 12.9. The molecule has 0 bridgehead atoms. The van der Waals surface area contributed by atoms with Crippen molar-refractivity contribution in [2.45, 2.75) is 37.8 Å². The summed E-state index contributed by atoms with van der Waals surface area (Å²) in [5, 5.41) is 14.6. The molecule has 2 amide bonds. The normalized spacial score (nSPS) is 23.9. The summed E-state index contributed by atoms with van der Waals surface area (Å²) in [6, 6.07) is 4.48. The zero-order valence-corrected chi connectivity index (χ0v) is 13.7. The van der Waals surface area contributed by atoms with Gasteiger partial charge in [-0.25, -0.2) is 4.79 Å². The molecule has 0 saturated carbocycles. The number of nitrogens with one attached hydrogen (secondary N) is 1. The maximum atomic E-state index is 12.4. The van der Waals surface area contributed by atoms with Crippen molar-refractivity contribution in [3.8, 4) is 0 Å². The van der Waals surface area contributed by atoms with Gasteiger partial charge in [-0.1, -0.05) is 6.07 Å². The van der Waals surface area contributed by atoms with Crippen molar-refractivity contribution in [1.82, 2.24) is 15.1 Å². The molecule has 2 N–H and O–H groups in total. The van der Waals surface area contributed by atoms with Crippen LogP contribution in [-0.4, -0.2) is 59.8 Å². The molecule has 2 saturated heterocycles. The molecule has 2 atom stereocenters. The molecule has 0 aromatic carbocycles. The van der Waals surface area contributed by atoms with Crippen molar-refractivity contribution in [1.29, 1.82) is 0 Å². The molecule has 2 unspecified atom stereocenters. The molecule has 2 aliphatic rings. The molecular formula is C16H25N3O2S. The van der Waals surface area contributed by atoms with E-state index in [-0.39, 0.29) is 24.7 Å². The Morgan fingerprint density at radius 1 is 1.36 bits per heavy atom. The van der Waals surface area contributed by atoms with Crippen LogP contribution in [0.5, 0.6) is 0 Å². The van der Waals surface area contributed by atoms with Gasteiger partial charge in [-0.3, -0.25) is 4.90 Å². The molecule has 2 fully saturated rings. The van der Waals surface area contributed by atoms with Gasteiger partial charge in [0.15, 0.2) is 0 Å². The predicted molar refractivity (Wildman–Crippen MR) is 88.1 cm³/mol. The van der Waals surface area contributed by atoms with Gasteiger partial charge in [0.1, 0.15) is 0 Å². The van der Waals surface area contributed by atoms with Crippen LogP contribution >= 0.6 is 11.3 Å². The third kappa shape index (κ3) is 3.45. The Labute approximate surface area is 135 Å². The fourth-order valence-corrected chi connectivity index (χ4v) is 4.38. The number of thiophene rings is 1. The highest BCUT2D eigenvalue weighted by atomic mass is 32.1. The van der Waals surface area contributed by atoms with Gasteiger partial charge in [0.2, 0.25) is 0 Å². The van der Waals surface area contributed by atoms with Crippen LogP contribution < -0.4 is 5.32 Å². The van der Waals surface area contributed by atoms with E-state index in [1.54, 1.807) is 16.2 Å². The summed E-state index contributed by atoms with van der Waals surface area (Å²) >= 11 is 1.76. The largest absolute Gasteiger partial charge is 0.394 e. The van der Waals surface area contributed by atoms with E-state index in [2.05, 4.69) is 27.7 Å². The topological polar surface area (TPSA) is 55.8 Å². The fraction of sp³-hybridized carbons (Fsp3) is 0.688.